The molecule has 0 amide bonds. The Kier molecular flexibility index (Phi) is 8.27. The smallest absolute Gasteiger partial charge is 0.127 e. The van der Waals surface area contributed by atoms with E-state index in [9.17, 15) is 10.2 Å². The van der Waals surface area contributed by atoms with Crippen molar-refractivity contribution in [1.29, 1.82) is 0 Å². The van der Waals surface area contributed by atoms with Gasteiger partial charge in [0, 0.05) is 23.6 Å². The standard InChI is InChI=1S/C30H36N2O2/c1-7-21-13-23(29(33)25(15-21)19(3)4)17-31-27-11-9-10-12-28(27)32-18-24-14-22(8-2)16-26(20(5)6)30(24)34/h9-20,33-34H,7-8H2,1-6H3. The topological polar surface area (TPSA) is 65.2 Å². The zero-order valence-electron chi connectivity index (χ0n) is 21.1. The summed E-state index contributed by atoms with van der Waals surface area (Å²) < 4.78 is 0. The molecule has 0 unspecified atom stereocenters. The van der Waals surface area contributed by atoms with E-state index >= 15 is 0 Å². The molecular formula is C30H36N2O2. The summed E-state index contributed by atoms with van der Waals surface area (Å²) in [5, 5.41) is 21.6. The highest BCUT2D eigenvalue weighted by Crippen LogP contribution is 2.33. The number of rotatable bonds is 8. The number of phenols is 2. The van der Waals surface area contributed by atoms with Gasteiger partial charge in [-0.25, -0.2) is 0 Å². The number of benzene rings is 3. The van der Waals surface area contributed by atoms with Gasteiger partial charge in [0.1, 0.15) is 11.5 Å². The number of hydrogen-bond donors (Lipinski definition) is 2. The summed E-state index contributed by atoms with van der Waals surface area (Å²) in [5.74, 6) is 0.995. The lowest BCUT2D eigenvalue weighted by Crippen LogP contribution is -1.96. The van der Waals surface area contributed by atoms with E-state index < -0.39 is 0 Å². The lowest BCUT2D eigenvalue weighted by Gasteiger charge is -2.13. The van der Waals surface area contributed by atoms with E-state index in [0.29, 0.717) is 22.5 Å². The van der Waals surface area contributed by atoms with Gasteiger partial charge in [-0.15, -0.1) is 0 Å². The molecule has 0 spiro atoms. The number of aromatic hydroxyl groups is 2. The predicted octanol–water partition coefficient (Wildman–Crippen LogP) is 7.97. The SMILES string of the molecule is CCc1cc(C=Nc2ccccc2N=Cc2cc(CC)cc(C(C)C)c2O)c(O)c(C(C)C)c1. The molecule has 0 fully saturated rings. The van der Waals surface area contributed by atoms with Gasteiger partial charge in [0.25, 0.3) is 0 Å². The second-order valence-corrected chi connectivity index (χ2v) is 9.27. The van der Waals surface area contributed by atoms with Crippen LogP contribution in [-0.4, -0.2) is 22.6 Å². The first kappa shape index (κ1) is 25.2. The molecule has 34 heavy (non-hydrogen) atoms. The lowest BCUT2D eigenvalue weighted by atomic mass is 9.95. The van der Waals surface area contributed by atoms with Crippen LogP contribution in [0.4, 0.5) is 11.4 Å². The third-order valence-electron chi connectivity index (χ3n) is 6.09. The third kappa shape index (κ3) is 5.74. The van der Waals surface area contributed by atoms with E-state index in [4.69, 9.17) is 0 Å². The van der Waals surface area contributed by atoms with E-state index in [-0.39, 0.29) is 23.3 Å². The molecule has 0 saturated heterocycles. The van der Waals surface area contributed by atoms with Gasteiger partial charge in [0.05, 0.1) is 11.4 Å². The van der Waals surface area contributed by atoms with Gasteiger partial charge < -0.3 is 10.2 Å². The van der Waals surface area contributed by atoms with Crippen LogP contribution in [0.1, 0.15) is 86.8 Å². The second-order valence-electron chi connectivity index (χ2n) is 9.27. The van der Waals surface area contributed by atoms with Crippen molar-refractivity contribution in [3.63, 3.8) is 0 Å². The maximum Gasteiger partial charge on any atom is 0.127 e. The van der Waals surface area contributed by atoms with Gasteiger partial charge in [-0.05, 0) is 71.2 Å². The average Bonchev–Trinajstić information content (AvgIpc) is 2.82. The quantitative estimate of drug-likeness (QED) is 0.338. The molecule has 0 aliphatic carbocycles. The highest BCUT2D eigenvalue weighted by atomic mass is 16.3. The van der Waals surface area contributed by atoms with Crippen molar-refractivity contribution in [2.75, 3.05) is 0 Å². The summed E-state index contributed by atoms with van der Waals surface area (Å²) in [6.07, 6.45) is 5.20. The maximum atomic E-state index is 10.8. The molecule has 3 aromatic carbocycles. The third-order valence-corrected chi connectivity index (χ3v) is 6.09. The molecule has 4 nitrogen and oxygen atoms in total. The van der Waals surface area contributed by atoms with Crippen molar-refractivity contribution in [3.05, 3.63) is 81.9 Å². The van der Waals surface area contributed by atoms with E-state index in [1.807, 2.05) is 36.4 Å². The highest BCUT2D eigenvalue weighted by Gasteiger charge is 2.13. The molecule has 0 radical (unpaired) electrons. The first-order chi connectivity index (χ1) is 16.2. The Morgan fingerprint density at radius 3 is 1.38 bits per heavy atom. The molecule has 0 saturated carbocycles. The first-order valence-corrected chi connectivity index (χ1v) is 12.1. The molecular weight excluding hydrogens is 420 g/mol. The van der Waals surface area contributed by atoms with E-state index in [1.165, 1.54) is 11.1 Å². The Morgan fingerprint density at radius 1 is 0.676 bits per heavy atom. The minimum atomic E-state index is 0.220. The number of aliphatic imine (C=N–C) groups is 2. The summed E-state index contributed by atoms with van der Waals surface area (Å²) in [5.41, 5.74) is 7.00. The minimum absolute atomic E-state index is 0.220. The van der Waals surface area contributed by atoms with Gasteiger partial charge in [-0.2, -0.15) is 0 Å². The number of para-hydroxylation sites is 2. The summed E-state index contributed by atoms with van der Waals surface area (Å²) in [4.78, 5) is 9.33. The van der Waals surface area contributed by atoms with Crippen molar-refractivity contribution in [2.45, 2.75) is 66.2 Å². The van der Waals surface area contributed by atoms with Crippen LogP contribution >= 0.6 is 0 Å². The number of hydrogen-bond acceptors (Lipinski definition) is 4. The maximum absolute atomic E-state index is 10.8. The van der Waals surface area contributed by atoms with Crippen LogP contribution in [0.2, 0.25) is 0 Å². The van der Waals surface area contributed by atoms with Crippen molar-refractivity contribution in [3.8, 4) is 11.5 Å². The lowest BCUT2D eigenvalue weighted by molar-refractivity contribution is 0.463. The Morgan fingerprint density at radius 2 is 1.06 bits per heavy atom. The monoisotopic (exact) mass is 456 g/mol. The molecule has 3 rings (SSSR count). The Balaban J connectivity index is 1.99. The zero-order chi connectivity index (χ0) is 24.8. The van der Waals surface area contributed by atoms with Crippen molar-refractivity contribution < 1.29 is 10.2 Å². The van der Waals surface area contributed by atoms with E-state index in [1.54, 1.807) is 12.4 Å². The van der Waals surface area contributed by atoms with Gasteiger partial charge in [-0.3, -0.25) is 9.98 Å². The van der Waals surface area contributed by atoms with Gasteiger partial charge >= 0.3 is 0 Å². The van der Waals surface area contributed by atoms with Gasteiger partial charge in [-0.1, -0.05) is 65.8 Å². The molecule has 0 bridgehead atoms. The van der Waals surface area contributed by atoms with Crippen LogP contribution in [0.15, 0.2) is 58.5 Å². The largest absolute Gasteiger partial charge is 0.507 e. The average molecular weight is 457 g/mol. The van der Waals surface area contributed by atoms with Crippen LogP contribution in [0.25, 0.3) is 0 Å². The normalized spacial score (nSPS) is 12.0. The van der Waals surface area contributed by atoms with Crippen LogP contribution in [-0.2, 0) is 12.8 Å². The molecule has 178 valence electrons. The summed E-state index contributed by atoms with van der Waals surface area (Å²) in [6, 6.07) is 15.7. The number of aryl methyl sites for hydroxylation is 2. The fourth-order valence-electron chi connectivity index (χ4n) is 3.93. The van der Waals surface area contributed by atoms with E-state index in [0.717, 1.165) is 24.0 Å². The fraction of sp³-hybridized carbons (Fsp3) is 0.333. The fourth-order valence-corrected chi connectivity index (χ4v) is 3.93. The molecule has 0 aromatic heterocycles. The highest BCUT2D eigenvalue weighted by molar-refractivity contribution is 5.90. The molecule has 0 heterocycles. The van der Waals surface area contributed by atoms with E-state index in [2.05, 4.69) is 63.7 Å². The molecule has 0 aliphatic rings. The molecule has 3 aromatic rings. The summed E-state index contributed by atoms with van der Waals surface area (Å²) in [6.45, 7) is 12.5. The van der Waals surface area contributed by atoms with Crippen molar-refractivity contribution in [1.82, 2.24) is 0 Å². The van der Waals surface area contributed by atoms with Gasteiger partial charge in [0.2, 0.25) is 0 Å². The zero-order valence-corrected chi connectivity index (χ0v) is 21.1. The summed E-state index contributed by atoms with van der Waals surface area (Å²) in [7, 11) is 0. The van der Waals surface area contributed by atoms with Gasteiger partial charge in [0.15, 0.2) is 0 Å². The van der Waals surface area contributed by atoms with Crippen LogP contribution in [0.5, 0.6) is 11.5 Å². The molecule has 0 aliphatic heterocycles. The first-order valence-electron chi connectivity index (χ1n) is 12.1. The minimum Gasteiger partial charge on any atom is -0.507 e. The Bertz CT molecular complexity index is 1110. The summed E-state index contributed by atoms with van der Waals surface area (Å²) >= 11 is 0. The number of nitrogens with zero attached hydrogens (tertiary/aromatic N) is 2. The Labute approximate surface area is 203 Å². The number of phenolic OH excluding ortho intramolecular Hbond substituents is 2. The Hall–Kier alpha value is -3.40. The van der Waals surface area contributed by atoms with Crippen LogP contribution in [0.3, 0.4) is 0 Å². The van der Waals surface area contributed by atoms with Crippen molar-refractivity contribution in [2.24, 2.45) is 9.98 Å². The van der Waals surface area contributed by atoms with Crippen LogP contribution in [0, 0.1) is 0 Å². The van der Waals surface area contributed by atoms with Crippen LogP contribution < -0.4 is 0 Å². The molecule has 0 atom stereocenters. The molecule has 4 heteroatoms. The molecule has 2 N–H and O–H groups in total. The second kappa shape index (κ2) is 11.1. The van der Waals surface area contributed by atoms with Crippen molar-refractivity contribution >= 4 is 23.8 Å². The predicted molar refractivity (Wildman–Crippen MR) is 144 cm³/mol.